The fraction of sp³-hybridized carbons (Fsp3) is 0.222. The van der Waals surface area contributed by atoms with Gasteiger partial charge in [-0.1, -0.05) is 0 Å². The van der Waals surface area contributed by atoms with Gasteiger partial charge in [0.25, 0.3) is 5.91 Å². The number of carbonyl (C=O) groups excluding carboxylic acids is 2. The van der Waals surface area contributed by atoms with Gasteiger partial charge in [0.1, 0.15) is 0 Å². The maximum atomic E-state index is 13.7. The van der Waals surface area contributed by atoms with Gasteiger partial charge in [0.15, 0.2) is 11.6 Å². The summed E-state index contributed by atoms with van der Waals surface area (Å²) in [6.07, 6.45) is 2.04. The number of hydrogen-bond donors (Lipinski definition) is 3. The number of nitrogens with one attached hydrogen (secondary N) is 3. The van der Waals surface area contributed by atoms with E-state index in [0.29, 0.717) is 11.4 Å². The van der Waals surface area contributed by atoms with E-state index in [1.54, 1.807) is 24.3 Å². The summed E-state index contributed by atoms with van der Waals surface area (Å²) >= 11 is 0. The van der Waals surface area contributed by atoms with Crippen molar-refractivity contribution in [1.82, 2.24) is 5.32 Å². The first-order valence-electron chi connectivity index (χ1n) is 7.87. The summed E-state index contributed by atoms with van der Waals surface area (Å²) in [6.45, 7) is 0. The van der Waals surface area contributed by atoms with Crippen molar-refractivity contribution in [1.29, 1.82) is 0 Å². The van der Waals surface area contributed by atoms with Crippen molar-refractivity contribution in [2.24, 2.45) is 0 Å². The molecule has 0 unspecified atom stereocenters. The quantitative estimate of drug-likeness (QED) is 0.779. The standard InChI is InChI=1S/C18H18FN3O3/c1-25-16-9-2-11(10-15(16)19)17(23)20-12-3-5-13(6-4-12)21-18(24)22-14-7-8-14/h2-6,9-10,14H,7-8H2,1H3,(H,20,23)(H2,21,22,24). The number of urea groups is 1. The van der Waals surface area contributed by atoms with Crippen molar-refractivity contribution in [2.45, 2.75) is 18.9 Å². The molecule has 6 nitrogen and oxygen atoms in total. The summed E-state index contributed by atoms with van der Waals surface area (Å²) in [5.74, 6) is -0.957. The SMILES string of the molecule is COc1ccc(C(=O)Nc2ccc(NC(=O)NC3CC3)cc2)cc1F. The highest BCUT2D eigenvalue weighted by Gasteiger charge is 2.23. The Hall–Kier alpha value is -3.09. The van der Waals surface area contributed by atoms with Crippen LogP contribution in [0.1, 0.15) is 23.2 Å². The van der Waals surface area contributed by atoms with E-state index >= 15 is 0 Å². The second-order valence-electron chi connectivity index (χ2n) is 5.75. The molecule has 7 heteroatoms. The van der Waals surface area contributed by atoms with Crippen molar-refractivity contribution in [3.63, 3.8) is 0 Å². The molecule has 1 aliphatic carbocycles. The summed E-state index contributed by atoms with van der Waals surface area (Å²) in [5, 5.41) is 8.21. The number of hydrogen-bond acceptors (Lipinski definition) is 3. The number of halogens is 1. The summed E-state index contributed by atoms with van der Waals surface area (Å²) in [7, 11) is 1.36. The molecule has 25 heavy (non-hydrogen) atoms. The molecule has 0 saturated heterocycles. The Labute approximate surface area is 144 Å². The first kappa shape index (κ1) is 16.8. The highest BCUT2D eigenvalue weighted by Crippen LogP contribution is 2.20. The maximum absolute atomic E-state index is 13.7. The molecule has 1 fully saturated rings. The van der Waals surface area contributed by atoms with Crippen molar-refractivity contribution in [2.75, 3.05) is 17.7 Å². The third-order valence-corrected chi connectivity index (χ3v) is 3.73. The van der Waals surface area contributed by atoms with E-state index in [1.165, 1.54) is 19.2 Å². The predicted octanol–water partition coefficient (Wildman–Crippen LogP) is 3.37. The summed E-state index contributed by atoms with van der Waals surface area (Å²) in [4.78, 5) is 23.8. The molecule has 2 aromatic rings. The van der Waals surface area contributed by atoms with Crippen LogP contribution in [0.4, 0.5) is 20.6 Å². The van der Waals surface area contributed by atoms with Crippen LogP contribution in [-0.4, -0.2) is 25.1 Å². The molecular weight excluding hydrogens is 325 g/mol. The maximum Gasteiger partial charge on any atom is 0.319 e. The molecule has 0 radical (unpaired) electrons. The summed E-state index contributed by atoms with van der Waals surface area (Å²) in [5.41, 5.74) is 1.34. The van der Waals surface area contributed by atoms with Gasteiger partial charge in [0.05, 0.1) is 7.11 Å². The first-order valence-corrected chi connectivity index (χ1v) is 7.87. The minimum Gasteiger partial charge on any atom is -0.494 e. The lowest BCUT2D eigenvalue weighted by atomic mass is 10.2. The van der Waals surface area contributed by atoms with Gasteiger partial charge in [-0.2, -0.15) is 0 Å². The molecule has 0 spiro atoms. The molecule has 0 aliphatic heterocycles. The van der Waals surface area contributed by atoms with Crippen molar-refractivity contribution in [3.05, 3.63) is 53.8 Å². The minimum atomic E-state index is -0.601. The van der Waals surface area contributed by atoms with Crippen molar-refractivity contribution in [3.8, 4) is 5.75 Å². The van der Waals surface area contributed by atoms with E-state index in [9.17, 15) is 14.0 Å². The highest BCUT2D eigenvalue weighted by atomic mass is 19.1. The van der Waals surface area contributed by atoms with Crippen molar-refractivity contribution >= 4 is 23.3 Å². The van der Waals surface area contributed by atoms with Gasteiger partial charge in [-0.3, -0.25) is 4.79 Å². The topological polar surface area (TPSA) is 79.5 Å². The smallest absolute Gasteiger partial charge is 0.319 e. The second-order valence-corrected chi connectivity index (χ2v) is 5.75. The molecule has 130 valence electrons. The number of rotatable bonds is 5. The molecule has 3 rings (SSSR count). The van der Waals surface area contributed by atoms with Crippen LogP contribution < -0.4 is 20.7 Å². The second kappa shape index (κ2) is 7.21. The van der Waals surface area contributed by atoms with E-state index in [1.807, 2.05) is 0 Å². The molecule has 0 heterocycles. The third kappa shape index (κ3) is 4.47. The van der Waals surface area contributed by atoms with Crippen LogP contribution in [0.3, 0.4) is 0 Å². The number of ether oxygens (including phenoxy) is 1. The molecule has 2 aromatic carbocycles. The van der Waals surface area contributed by atoms with Crippen LogP contribution in [-0.2, 0) is 0 Å². The fourth-order valence-corrected chi connectivity index (χ4v) is 2.23. The van der Waals surface area contributed by atoms with Crippen LogP contribution in [0.25, 0.3) is 0 Å². The Balaban J connectivity index is 1.59. The zero-order valence-corrected chi connectivity index (χ0v) is 13.6. The molecule has 0 aromatic heterocycles. The number of benzene rings is 2. The number of carbonyl (C=O) groups is 2. The van der Waals surface area contributed by atoms with Crippen LogP contribution in [0.2, 0.25) is 0 Å². The number of anilines is 2. The molecular formula is C18H18FN3O3. The molecule has 0 bridgehead atoms. The predicted molar refractivity (Wildman–Crippen MR) is 92.5 cm³/mol. The molecule has 1 saturated carbocycles. The Morgan fingerprint density at radius 1 is 1.04 bits per heavy atom. The van der Waals surface area contributed by atoms with Gasteiger partial charge in [-0.05, 0) is 55.3 Å². The largest absolute Gasteiger partial charge is 0.494 e. The molecule has 3 amide bonds. The van der Waals surface area contributed by atoms with E-state index < -0.39 is 11.7 Å². The average Bonchev–Trinajstić information content (AvgIpc) is 3.40. The monoisotopic (exact) mass is 343 g/mol. The number of amides is 3. The normalized spacial score (nSPS) is 13.0. The van der Waals surface area contributed by atoms with E-state index in [0.717, 1.165) is 18.9 Å². The lowest BCUT2D eigenvalue weighted by molar-refractivity contribution is 0.102. The van der Waals surface area contributed by atoms with Gasteiger partial charge in [-0.15, -0.1) is 0 Å². The zero-order chi connectivity index (χ0) is 17.8. The van der Waals surface area contributed by atoms with Gasteiger partial charge >= 0.3 is 6.03 Å². The molecule has 1 aliphatic rings. The van der Waals surface area contributed by atoms with E-state index in [-0.39, 0.29) is 23.4 Å². The average molecular weight is 343 g/mol. The number of methoxy groups -OCH3 is 1. The van der Waals surface area contributed by atoms with Crippen LogP contribution in [0.15, 0.2) is 42.5 Å². The van der Waals surface area contributed by atoms with Gasteiger partial charge in [0.2, 0.25) is 0 Å². The van der Waals surface area contributed by atoms with Crippen LogP contribution in [0.5, 0.6) is 5.75 Å². The molecule has 0 atom stereocenters. The van der Waals surface area contributed by atoms with Crippen molar-refractivity contribution < 1.29 is 18.7 Å². The third-order valence-electron chi connectivity index (χ3n) is 3.73. The van der Waals surface area contributed by atoms with E-state index in [2.05, 4.69) is 16.0 Å². The van der Waals surface area contributed by atoms with Gasteiger partial charge in [0, 0.05) is 23.0 Å². The summed E-state index contributed by atoms with van der Waals surface area (Å²) < 4.78 is 18.5. The Morgan fingerprint density at radius 3 is 2.24 bits per heavy atom. The zero-order valence-electron chi connectivity index (χ0n) is 13.6. The Morgan fingerprint density at radius 2 is 1.68 bits per heavy atom. The van der Waals surface area contributed by atoms with Crippen LogP contribution in [0, 0.1) is 5.82 Å². The van der Waals surface area contributed by atoms with Gasteiger partial charge < -0.3 is 20.7 Å². The molecule has 3 N–H and O–H groups in total. The Kier molecular flexibility index (Phi) is 4.83. The first-order chi connectivity index (χ1) is 12.0. The van der Waals surface area contributed by atoms with E-state index in [4.69, 9.17) is 4.74 Å². The Bertz CT molecular complexity index is 789. The summed E-state index contributed by atoms with van der Waals surface area (Å²) in [6, 6.07) is 10.7. The minimum absolute atomic E-state index is 0.0800. The fourth-order valence-electron chi connectivity index (χ4n) is 2.23. The van der Waals surface area contributed by atoms with Crippen LogP contribution >= 0.6 is 0 Å². The lowest BCUT2D eigenvalue weighted by Gasteiger charge is -2.09. The lowest BCUT2D eigenvalue weighted by Crippen LogP contribution is -2.30. The highest BCUT2D eigenvalue weighted by molar-refractivity contribution is 6.04. The van der Waals surface area contributed by atoms with Gasteiger partial charge in [-0.25, -0.2) is 9.18 Å².